The van der Waals surface area contributed by atoms with Crippen molar-refractivity contribution in [2.75, 3.05) is 39.8 Å². The zero-order valence-corrected chi connectivity index (χ0v) is 11.5. The number of hydrogen-bond donors (Lipinski definition) is 1. The van der Waals surface area contributed by atoms with Gasteiger partial charge in [-0.15, -0.1) is 0 Å². The first-order valence-electron chi connectivity index (χ1n) is 6.83. The normalized spacial score (nSPS) is 16.6. The van der Waals surface area contributed by atoms with Crippen LogP contribution in [0.25, 0.3) is 0 Å². The first-order valence-corrected chi connectivity index (χ1v) is 6.83. The van der Waals surface area contributed by atoms with E-state index in [0.717, 1.165) is 39.3 Å². The summed E-state index contributed by atoms with van der Waals surface area (Å²) in [5, 5.41) is 3.01. The molecule has 5 heteroatoms. The van der Waals surface area contributed by atoms with Crippen molar-refractivity contribution in [2.45, 2.75) is 13.0 Å². The second kappa shape index (κ2) is 7.21. The van der Waals surface area contributed by atoms with Gasteiger partial charge in [-0.3, -0.25) is 14.7 Å². The van der Waals surface area contributed by atoms with Crippen LogP contribution in [0, 0.1) is 0 Å². The predicted molar refractivity (Wildman–Crippen MR) is 74.6 cm³/mol. The Morgan fingerprint density at radius 2 is 2.16 bits per heavy atom. The highest BCUT2D eigenvalue weighted by Gasteiger charge is 2.20. The fourth-order valence-corrected chi connectivity index (χ4v) is 2.30. The van der Waals surface area contributed by atoms with Crippen LogP contribution in [-0.4, -0.2) is 60.5 Å². The number of carbonyl (C=O) groups excluding carboxylic acids is 1. The van der Waals surface area contributed by atoms with E-state index in [4.69, 9.17) is 0 Å². The number of carbonyl (C=O) groups is 1. The number of rotatable bonds is 5. The predicted octanol–water partition coefficient (Wildman–Crippen LogP) is 0.335. The van der Waals surface area contributed by atoms with Crippen molar-refractivity contribution in [1.82, 2.24) is 20.1 Å². The Bertz CT molecular complexity index is 388. The lowest BCUT2D eigenvalue weighted by atomic mass is 10.2. The second-order valence-electron chi connectivity index (χ2n) is 4.87. The summed E-state index contributed by atoms with van der Waals surface area (Å²) in [6, 6.07) is 4.06. The highest BCUT2D eigenvalue weighted by Crippen LogP contribution is 2.08. The van der Waals surface area contributed by atoms with E-state index in [1.807, 2.05) is 24.2 Å². The molecule has 0 aliphatic carbocycles. The van der Waals surface area contributed by atoms with Crippen molar-refractivity contribution in [3.05, 3.63) is 30.1 Å². The molecule has 0 saturated carbocycles. The summed E-state index contributed by atoms with van der Waals surface area (Å²) < 4.78 is 0. The molecular weight excluding hydrogens is 240 g/mol. The summed E-state index contributed by atoms with van der Waals surface area (Å²) in [6.45, 7) is 5.24. The molecule has 0 unspecified atom stereocenters. The molecule has 1 aromatic heterocycles. The lowest BCUT2D eigenvalue weighted by Gasteiger charge is -2.34. The molecule has 0 atom stereocenters. The molecule has 0 bridgehead atoms. The van der Waals surface area contributed by atoms with Crippen LogP contribution in [-0.2, 0) is 11.3 Å². The van der Waals surface area contributed by atoms with Crippen molar-refractivity contribution in [3.63, 3.8) is 0 Å². The lowest BCUT2D eigenvalue weighted by molar-refractivity contribution is -0.132. The summed E-state index contributed by atoms with van der Waals surface area (Å²) >= 11 is 0. The highest BCUT2D eigenvalue weighted by atomic mass is 16.2. The molecule has 19 heavy (non-hydrogen) atoms. The van der Waals surface area contributed by atoms with Gasteiger partial charge in [-0.05, 0) is 18.7 Å². The maximum atomic E-state index is 11.9. The van der Waals surface area contributed by atoms with Crippen LogP contribution in [0.3, 0.4) is 0 Å². The van der Waals surface area contributed by atoms with E-state index in [-0.39, 0.29) is 5.91 Å². The van der Waals surface area contributed by atoms with Gasteiger partial charge in [0.2, 0.25) is 5.91 Å². The summed E-state index contributed by atoms with van der Waals surface area (Å²) in [7, 11) is 1.87. The van der Waals surface area contributed by atoms with Crippen LogP contribution in [0.4, 0.5) is 0 Å². The summed E-state index contributed by atoms with van der Waals surface area (Å²) in [6.07, 6.45) is 4.30. The van der Waals surface area contributed by atoms with E-state index < -0.39 is 0 Å². The van der Waals surface area contributed by atoms with Crippen molar-refractivity contribution >= 4 is 5.91 Å². The Hall–Kier alpha value is -1.46. The number of nitrogens with one attached hydrogen (secondary N) is 1. The van der Waals surface area contributed by atoms with Crippen LogP contribution < -0.4 is 5.32 Å². The van der Waals surface area contributed by atoms with Gasteiger partial charge in [0.05, 0.1) is 0 Å². The zero-order chi connectivity index (χ0) is 13.5. The maximum absolute atomic E-state index is 11.9. The highest BCUT2D eigenvalue weighted by molar-refractivity contribution is 5.76. The fraction of sp³-hybridized carbons (Fsp3) is 0.571. The molecule has 2 heterocycles. The molecule has 2 rings (SSSR count). The SMILES string of the molecule is CNCCC(=O)N1CCN(Cc2cccnc2)CC1. The minimum Gasteiger partial charge on any atom is -0.340 e. The van der Waals surface area contributed by atoms with Crippen LogP contribution >= 0.6 is 0 Å². The molecule has 104 valence electrons. The number of nitrogens with zero attached hydrogens (tertiary/aromatic N) is 3. The quantitative estimate of drug-likeness (QED) is 0.831. The molecule has 1 N–H and O–H groups in total. The molecule has 1 aliphatic rings. The van der Waals surface area contributed by atoms with Crippen molar-refractivity contribution in [2.24, 2.45) is 0 Å². The van der Waals surface area contributed by atoms with Gasteiger partial charge in [-0.25, -0.2) is 0 Å². The summed E-state index contributed by atoms with van der Waals surface area (Å²) in [5.74, 6) is 0.260. The molecule has 1 amide bonds. The molecule has 5 nitrogen and oxygen atoms in total. The standard InChI is InChI=1S/C14H22N4O/c1-15-6-4-14(19)18-9-7-17(8-10-18)12-13-3-2-5-16-11-13/h2-3,5,11,15H,4,6-10,12H2,1H3. The third-order valence-corrected chi connectivity index (χ3v) is 3.44. The fourth-order valence-electron chi connectivity index (χ4n) is 2.30. The Kier molecular flexibility index (Phi) is 5.30. The Morgan fingerprint density at radius 3 is 2.79 bits per heavy atom. The molecule has 0 aromatic carbocycles. The average molecular weight is 262 g/mol. The summed E-state index contributed by atoms with van der Waals surface area (Å²) in [4.78, 5) is 20.4. The van der Waals surface area contributed by atoms with E-state index in [0.29, 0.717) is 6.42 Å². The van der Waals surface area contributed by atoms with Gasteiger partial charge in [0.1, 0.15) is 0 Å². The number of hydrogen-bond acceptors (Lipinski definition) is 4. The van der Waals surface area contributed by atoms with Gasteiger partial charge >= 0.3 is 0 Å². The van der Waals surface area contributed by atoms with Crippen LogP contribution in [0.1, 0.15) is 12.0 Å². The lowest BCUT2D eigenvalue weighted by Crippen LogP contribution is -2.48. The molecule has 1 fully saturated rings. The Balaban J connectivity index is 1.75. The number of pyridine rings is 1. The van der Waals surface area contributed by atoms with Gasteiger partial charge in [0.15, 0.2) is 0 Å². The van der Waals surface area contributed by atoms with Crippen LogP contribution in [0.5, 0.6) is 0 Å². The molecule has 0 radical (unpaired) electrons. The summed E-state index contributed by atoms with van der Waals surface area (Å²) in [5.41, 5.74) is 1.23. The minimum atomic E-state index is 0.260. The molecule has 1 saturated heterocycles. The van der Waals surface area contributed by atoms with E-state index in [1.54, 1.807) is 6.20 Å². The monoisotopic (exact) mass is 262 g/mol. The zero-order valence-electron chi connectivity index (χ0n) is 11.5. The molecule has 1 aromatic rings. The number of amides is 1. The van der Waals surface area contributed by atoms with E-state index in [2.05, 4.69) is 21.3 Å². The Morgan fingerprint density at radius 1 is 1.37 bits per heavy atom. The first kappa shape index (κ1) is 14.0. The third kappa shape index (κ3) is 4.29. The second-order valence-corrected chi connectivity index (χ2v) is 4.87. The number of aromatic nitrogens is 1. The van der Waals surface area contributed by atoms with Gasteiger partial charge in [-0.1, -0.05) is 6.07 Å². The average Bonchev–Trinajstić information content (AvgIpc) is 2.46. The minimum absolute atomic E-state index is 0.260. The molecule has 1 aliphatic heterocycles. The third-order valence-electron chi connectivity index (χ3n) is 3.44. The van der Waals surface area contributed by atoms with Crippen molar-refractivity contribution in [1.29, 1.82) is 0 Å². The first-order chi connectivity index (χ1) is 9.29. The van der Waals surface area contributed by atoms with E-state index in [1.165, 1.54) is 5.56 Å². The largest absolute Gasteiger partial charge is 0.340 e. The van der Waals surface area contributed by atoms with Crippen molar-refractivity contribution < 1.29 is 4.79 Å². The van der Waals surface area contributed by atoms with Gasteiger partial charge in [0.25, 0.3) is 0 Å². The van der Waals surface area contributed by atoms with Gasteiger partial charge < -0.3 is 10.2 Å². The number of piperazine rings is 1. The topological polar surface area (TPSA) is 48.5 Å². The van der Waals surface area contributed by atoms with E-state index in [9.17, 15) is 4.79 Å². The Labute approximate surface area is 114 Å². The maximum Gasteiger partial charge on any atom is 0.223 e. The van der Waals surface area contributed by atoms with Crippen molar-refractivity contribution in [3.8, 4) is 0 Å². The van der Waals surface area contributed by atoms with Gasteiger partial charge in [-0.2, -0.15) is 0 Å². The van der Waals surface area contributed by atoms with E-state index >= 15 is 0 Å². The molecule has 0 spiro atoms. The van der Waals surface area contributed by atoms with Crippen LogP contribution in [0.2, 0.25) is 0 Å². The smallest absolute Gasteiger partial charge is 0.223 e. The van der Waals surface area contributed by atoms with Gasteiger partial charge in [0, 0.05) is 58.1 Å². The molecular formula is C14H22N4O. The van der Waals surface area contributed by atoms with Crippen LogP contribution in [0.15, 0.2) is 24.5 Å².